The fraction of sp³-hybridized carbons (Fsp3) is 0.900. The van der Waals surface area contributed by atoms with Crippen LogP contribution in [0.2, 0.25) is 0 Å². The van der Waals surface area contributed by atoms with Gasteiger partial charge in [0.1, 0.15) is 5.37 Å². The molecule has 2 aliphatic rings. The highest BCUT2D eigenvalue weighted by Crippen LogP contribution is 2.36. The summed E-state index contributed by atoms with van der Waals surface area (Å²) >= 11 is 1.63. The minimum absolute atomic E-state index is 0.0897. The number of hydrogen-bond donors (Lipinski definition) is 1. The average Bonchev–Trinajstić information content (AvgIpc) is 2.14. The van der Waals surface area contributed by atoms with Crippen molar-refractivity contribution in [2.24, 2.45) is 5.92 Å². The SMILES string of the molecule is CS(=O)(=O)C1CSCCN1C1CCC1C(=O)O. The van der Waals surface area contributed by atoms with Crippen LogP contribution in [0.3, 0.4) is 0 Å². The molecule has 1 aliphatic carbocycles. The molecule has 98 valence electrons. The minimum atomic E-state index is -3.13. The maximum absolute atomic E-state index is 11.7. The van der Waals surface area contributed by atoms with E-state index in [2.05, 4.69) is 0 Å². The molecule has 0 aromatic carbocycles. The second-order valence-electron chi connectivity index (χ2n) is 4.69. The molecule has 7 heteroatoms. The van der Waals surface area contributed by atoms with Gasteiger partial charge in [-0.25, -0.2) is 8.42 Å². The van der Waals surface area contributed by atoms with Crippen LogP contribution in [0.15, 0.2) is 0 Å². The molecule has 3 atom stereocenters. The highest BCUT2D eigenvalue weighted by Gasteiger charge is 2.45. The van der Waals surface area contributed by atoms with Gasteiger partial charge in [-0.3, -0.25) is 9.69 Å². The Morgan fingerprint density at radius 3 is 2.59 bits per heavy atom. The summed E-state index contributed by atoms with van der Waals surface area (Å²) in [6, 6.07) is -0.0897. The Bertz CT molecular complexity index is 409. The molecule has 0 spiro atoms. The van der Waals surface area contributed by atoms with Gasteiger partial charge in [-0.2, -0.15) is 11.8 Å². The number of carboxylic acids is 1. The third-order valence-corrected chi connectivity index (χ3v) is 6.26. The van der Waals surface area contributed by atoms with E-state index < -0.39 is 21.2 Å². The highest BCUT2D eigenvalue weighted by atomic mass is 32.2. The van der Waals surface area contributed by atoms with Gasteiger partial charge in [-0.1, -0.05) is 0 Å². The second kappa shape index (κ2) is 4.78. The van der Waals surface area contributed by atoms with Crippen molar-refractivity contribution in [1.82, 2.24) is 4.90 Å². The van der Waals surface area contributed by atoms with Crippen molar-refractivity contribution in [3.8, 4) is 0 Å². The van der Waals surface area contributed by atoms with Crippen molar-refractivity contribution in [1.29, 1.82) is 0 Å². The van der Waals surface area contributed by atoms with E-state index in [1.807, 2.05) is 4.90 Å². The molecule has 3 unspecified atom stereocenters. The summed E-state index contributed by atoms with van der Waals surface area (Å²) in [6.07, 6.45) is 2.71. The molecule has 1 heterocycles. The quantitative estimate of drug-likeness (QED) is 0.799. The Kier molecular flexibility index (Phi) is 3.70. The second-order valence-corrected chi connectivity index (χ2v) is 8.04. The van der Waals surface area contributed by atoms with Crippen LogP contribution < -0.4 is 0 Å². The first kappa shape index (κ1) is 13.2. The Balaban J connectivity index is 2.15. The lowest BCUT2D eigenvalue weighted by atomic mass is 9.78. The standard InChI is InChI=1S/C10H17NO4S2/c1-17(14,15)9-6-16-5-4-11(9)8-3-2-7(8)10(12)13/h7-9H,2-6H2,1H3,(H,12,13). The fourth-order valence-corrected chi connectivity index (χ4v) is 5.44. The van der Waals surface area contributed by atoms with E-state index in [-0.39, 0.29) is 12.0 Å². The number of sulfone groups is 1. The van der Waals surface area contributed by atoms with E-state index in [0.717, 1.165) is 12.2 Å². The van der Waals surface area contributed by atoms with E-state index in [1.54, 1.807) is 11.8 Å². The van der Waals surface area contributed by atoms with Crippen molar-refractivity contribution in [2.45, 2.75) is 24.3 Å². The van der Waals surface area contributed by atoms with Gasteiger partial charge in [0.15, 0.2) is 9.84 Å². The first-order valence-corrected chi connectivity index (χ1v) is 8.77. The van der Waals surface area contributed by atoms with Crippen LogP contribution in [0.5, 0.6) is 0 Å². The van der Waals surface area contributed by atoms with Crippen LogP contribution in [0.4, 0.5) is 0 Å². The smallest absolute Gasteiger partial charge is 0.308 e. The van der Waals surface area contributed by atoms with E-state index in [4.69, 9.17) is 5.11 Å². The zero-order valence-corrected chi connectivity index (χ0v) is 11.3. The van der Waals surface area contributed by atoms with Gasteiger partial charge in [0, 0.05) is 30.3 Å². The molecule has 1 saturated carbocycles. The van der Waals surface area contributed by atoms with Crippen LogP contribution in [-0.4, -0.2) is 60.1 Å². The first-order chi connectivity index (χ1) is 7.91. The van der Waals surface area contributed by atoms with Gasteiger partial charge in [-0.15, -0.1) is 0 Å². The predicted molar refractivity (Wildman–Crippen MR) is 66.8 cm³/mol. The van der Waals surface area contributed by atoms with Crippen LogP contribution >= 0.6 is 11.8 Å². The van der Waals surface area contributed by atoms with Gasteiger partial charge in [-0.05, 0) is 12.8 Å². The van der Waals surface area contributed by atoms with E-state index in [1.165, 1.54) is 6.26 Å². The van der Waals surface area contributed by atoms with Gasteiger partial charge in [0.05, 0.1) is 5.92 Å². The molecular formula is C10H17NO4S2. The largest absolute Gasteiger partial charge is 0.481 e. The highest BCUT2D eigenvalue weighted by molar-refractivity contribution is 8.00. The lowest BCUT2D eigenvalue weighted by Gasteiger charge is -2.47. The molecule has 17 heavy (non-hydrogen) atoms. The average molecular weight is 279 g/mol. The summed E-state index contributed by atoms with van der Waals surface area (Å²) in [5.41, 5.74) is 0. The summed E-state index contributed by atoms with van der Waals surface area (Å²) in [6.45, 7) is 0.677. The summed E-state index contributed by atoms with van der Waals surface area (Å²) in [5.74, 6) is 0.255. The number of rotatable bonds is 3. The molecule has 2 rings (SSSR count). The monoisotopic (exact) mass is 279 g/mol. The lowest BCUT2D eigenvalue weighted by Crippen LogP contribution is -2.58. The summed E-state index contributed by atoms with van der Waals surface area (Å²) in [7, 11) is -3.13. The number of nitrogens with zero attached hydrogens (tertiary/aromatic N) is 1. The molecule has 2 fully saturated rings. The normalized spacial score (nSPS) is 35.2. The van der Waals surface area contributed by atoms with Crippen molar-refractivity contribution < 1.29 is 18.3 Å². The summed E-state index contributed by atoms with van der Waals surface area (Å²) in [4.78, 5) is 12.9. The van der Waals surface area contributed by atoms with Gasteiger partial charge in [0.2, 0.25) is 0 Å². The van der Waals surface area contributed by atoms with E-state index >= 15 is 0 Å². The number of hydrogen-bond acceptors (Lipinski definition) is 5. The molecular weight excluding hydrogens is 262 g/mol. The number of aliphatic carboxylic acids is 1. The molecule has 1 N–H and O–H groups in total. The number of thioether (sulfide) groups is 1. The maximum Gasteiger partial charge on any atom is 0.308 e. The van der Waals surface area contributed by atoms with Crippen LogP contribution in [0.25, 0.3) is 0 Å². The third kappa shape index (κ3) is 2.61. The van der Waals surface area contributed by atoms with Crippen LogP contribution in [0, 0.1) is 5.92 Å². The summed E-state index contributed by atoms with van der Waals surface area (Å²) < 4.78 is 23.4. The molecule has 0 amide bonds. The molecule has 1 saturated heterocycles. The molecule has 0 bridgehead atoms. The maximum atomic E-state index is 11.7. The molecule has 0 aromatic heterocycles. The van der Waals surface area contributed by atoms with Crippen molar-refractivity contribution >= 4 is 27.6 Å². The predicted octanol–water partition coefficient (Wildman–Crippen LogP) is 0.269. The summed E-state index contributed by atoms with van der Waals surface area (Å²) in [5, 5.41) is 8.54. The van der Waals surface area contributed by atoms with Crippen LogP contribution in [-0.2, 0) is 14.6 Å². The van der Waals surface area contributed by atoms with Gasteiger partial charge in [0.25, 0.3) is 0 Å². The minimum Gasteiger partial charge on any atom is -0.481 e. The first-order valence-electron chi connectivity index (χ1n) is 5.66. The fourth-order valence-electron chi connectivity index (χ4n) is 2.51. The van der Waals surface area contributed by atoms with Crippen molar-refractivity contribution in [2.75, 3.05) is 24.3 Å². The molecule has 0 radical (unpaired) electrons. The Morgan fingerprint density at radius 1 is 1.41 bits per heavy atom. The van der Waals surface area contributed by atoms with Crippen LogP contribution in [0.1, 0.15) is 12.8 Å². The zero-order valence-electron chi connectivity index (χ0n) is 9.70. The van der Waals surface area contributed by atoms with Crippen molar-refractivity contribution in [3.05, 3.63) is 0 Å². The van der Waals surface area contributed by atoms with Crippen molar-refractivity contribution in [3.63, 3.8) is 0 Å². The third-order valence-electron chi connectivity index (χ3n) is 3.60. The Morgan fingerprint density at radius 2 is 2.12 bits per heavy atom. The Hall–Kier alpha value is -0.270. The van der Waals surface area contributed by atoms with E-state index in [9.17, 15) is 13.2 Å². The number of carbonyl (C=O) groups is 1. The molecule has 0 aromatic rings. The topological polar surface area (TPSA) is 74.7 Å². The number of carboxylic acid groups (broad SMARTS) is 1. The Labute approximate surface area is 105 Å². The molecule has 1 aliphatic heterocycles. The lowest BCUT2D eigenvalue weighted by molar-refractivity contribution is -0.149. The van der Waals surface area contributed by atoms with Gasteiger partial charge >= 0.3 is 5.97 Å². The van der Waals surface area contributed by atoms with Gasteiger partial charge < -0.3 is 5.11 Å². The molecule has 5 nitrogen and oxygen atoms in total. The van der Waals surface area contributed by atoms with E-state index in [0.29, 0.717) is 18.7 Å². The zero-order chi connectivity index (χ0) is 12.6.